The molecule has 2 unspecified atom stereocenters. The Kier molecular flexibility index (Phi) is 5.56. The van der Waals surface area contributed by atoms with Crippen molar-refractivity contribution in [3.05, 3.63) is 0 Å². The molecule has 9 heteroatoms. The number of halogens is 3. The van der Waals surface area contributed by atoms with Gasteiger partial charge in [0.1, 0.15) is 6.04 Å². The van der Waals surface area contributed by atoms with E-state index in [1.807, 2.05) is 5.32 Å². The molecule has 0 spiro atoms. The highest BCUT2D eigenvalue weighted by Crippen LogP contribution is 2.41. The van der Waals surface area contributed by atoms with Gasteiger partial charge in [0.05, 0.1) is 12.3 Å². The second-order valence-electron chi connectivity index (χ2n) is 5.04. The van der Waals surface area contributed by atoms with Crippen molar-refractivity contribution in [2.24, 2.45) is 11.8 Å². The molecule has 0 bridgehead atoms. The first kappa shape index (κ1) is 17.3. The van der Waals surface area contributed by atoms with E-state index in [1.54, 1.807) is 0 Å². The Morgan fingerprint density at radius 2 is 1.71 bits per heavy atom. The van der Waals surface area contributed by atoms with Crippen molar-refractivity contribution in [2.75, 3.05) is 0 Å². The highest BCUT2D eigenvalue weighted by Gasteiger charge is 2.48. The summed E-state index contributed by atoms with van der Waals surface area (Å²) in [6.45, 7) is 0. The molecule has 0 radical (unpaired) electrons. The van der Waals surface area contributed by atoms with Gasteiger partial charge in [0, 0.05) is 5.92 Å². The van der Waals surface area contributed by atoms with E-state index in [0.29, 0.717) is 12.8 Å². The molecule has 0 aromatic carbocycles. The van der Waals surface area contributed by atoms with Crippen LogP contribution in [0.4, 0.5) is 13.2 Å². The van der Waals surface area contributed by atoms with Gasteiger partial charge < -0.3 is 15.5 Å². The molecule has 1 amide bonds. The van der Waals surface area contributed by atoms with E-state index in [4.69, 9.17) is 10.2 Å². The van der Waals surface area contributed by atoms with E-state index in [-0.39, 0.29) is 12.8 Å². The third-order valence-electron chi connectivity index (χ3n) is 3.52. The number of aliphatic carboxylic acids is 2. The molecule has 3 N–H and O–H groups in total. The van der Waals surface area contributed by atoms with Crippen LogP contribution in [0.2, 0.25) is 0 Å². The number of carboxylic acid groups (broad SMARTS) is 2. The summed E-state index contributed by atoms with van der Waals surface area (Å²) in [5.41, 5.74) is 0. The summed E-state index contributed by atoms with van der Waals surface area (Å²) in [6, 6.07) is -1.73. The molecule has 120 valence electrons. The zero-order valence-electron chi connectivity index (χ0n) is 11.0. The van der Waals surface area contributed by atoms with Gasteiger partial charge in [-0.1, -0.05) is 12.8 Å². The number of amides is 1. The van der Waals surface area contributed by atoms with Crippen LogP contribution >= 0.6 is 0 Å². The Hall–Kier alpha value is -1.80. The van der Waals surface area contributed by atoms with Crippen molar-refractivity contribution >= 4 is 17.8 Å². The number of alkyl halides is 3. The van der Waals surface area contributed by atoms with Crippen LogP contribution in [0.25, 0.3) is 0 Å². The predicted octanol–water partition coefficient (Wildman–Crippen LogP) is 1.40. The van der Waals surface area contributed by atoms with E-state index >= 15 is 0 Å². The summed E-state index contributed by atoms with van der Waals surface area (Å²) in [5.74, 6) is -7.28. The smallest absolute Gasteiger partial charge is 0.392 e. The lowest BCUT2D eigenvalue weighted by atomic mass is 9.78. The molecule has 0 heterocycles. The third kappa shape index (κ3) is 4.91. The zero-order valence-corrected chi connectivity index (χ0v) is 11.0. The molecule has 21 heavy (non-hydrogen) atoms. The largest absolute Gasteiger partial charge is 0.481 e. The van der Waals surface area contributed by atoms with E-state index in [1.165, 1.54) is 0 Å². The van der Waals surface area contributed by atoms with Gasteiger partial charge in [0.2, 0.25) is 5.91 Å². The van der Waals surface area contributed by atoms with Gasteiger partial charge in [-0.05, 0) is 12.8 Å². The first-order valence-corrected chi connectivity index (χ1v) is 6.44. The van der Waals surface area contributed by atoms with Gasteiger partial charge >= 0.3 is 18.1 Å². The van der Waals surface area contributed by atoms with Crippen LogP contribution < -0.4 is 5.32 Å². The normalized spacial score (nSPS) is 24.1. The minimum atomic E-state index is -4.53. The maximum Gasteiger partial charge on any atom is 0.392 e. The Bertz CT molecular complexity index is 424. The number of nitrogens with one attached hydrogen (secondary N) is 1. The molecule has 3 atom stereocenters. The van der Waals surface area contributed by atoms with Gasteiger partial charge in [-0.15, -0.1) is 0 Å². The van der Waals surface area contributed by atoms with E-state index in [9.17, 15) is 27.6 Å². The Labute approximate surface area is 118 Å². The van der Waals surface area contributed by atoms with Gasteiger partial charge in [-0.3, -0.25) is 9.59 Å². The Balaban J connectivity index is 2.79. The van der Waals surface area contributed by atoms with Crippen molar-refractivity contribution in [2.45, 2.75) is 44.3 Å². The SMILES string of the molecule is O=C(O)C[C@@H](NC(=O)C1CCCCC1C(F)(F)F)C(=O)O. The van der Waals surface area contributed by atoms with E-state index in [2.05, 4.69) is 0 Å². The number of hydrogen-bond donors (Lipinski definition) is 3. The topological polar surface area (TPSA) is 104 Å². The molecule has 0 saturated heterocycles. The standard InChI is InChI=1S/C12H16F3NO5/c13-12(14,15)7-4-2-1-3-6(7)10(19)16-8(11(20)21)5-9(17)18/h6-8H,1-5H2,(H,16,19)(H,17,18)(H,20,21)/t6?,7?,8-/m1/s1. The monoisotopic (exact) mass is 311 g/mol. The van der Waals surface area contributed by atoms with E-state index in [0.717, 1.165) is 0 Å². The van der Waals surface area contributed by atoms with Crippen LogP contribution in [-0.2, 0) is 14.4 Å². The second kappa shape index (κ2) is 6.77. The van der Waals surface area contributed by atoms with Crippen LogP contribution in [0.1, 0.15) is 32.1 Å². The molecule has 0 aromatic heterocycles. The summed E-state index contributed by atoms with van der Waals surface area (Å²) in [6.07, 6.45) is -4.79. The lowest BCUT2D eigenvalue weighted by Gasteiger charge is -2.32. The summed E-state index contributed by atoms with van der Waals surface area (Å²) in [4.78, 5) is 33.2. The van der Waals surface area contributed by atoms with Crippen molar-refractivity contribution in [1.82, 2.24) is 5.32 Å². The van der Waals surface area contributed by atoms with Gasteiger partial charge in [0.15, 0.2) is 0 Å². The quantitative estimate of drug-likeness (QED) is 0.712. The molecule has 1 rings (SSSR count). The fourth-order valence-electron chi connectivity index (χ4n) is 2.49. The number of carbonyl (C=O) groups is 3. The van der Waals surface area contributed by atoms with Crippen LogP contribution in [0, 0.1) is 11.8 Å². The molecule has 0 aliphatic heterocycles. The highest BCUT2D eigenvalue weighted by molar-refractivity contribution is 5.87. The summed E-state index contributed by atoms with van der Waals surface area (Å²) in [7, 11) is 0. The molecule has 1 aliphatic carbocycles. The lowest BCUT2D eigenvalue weighted by Crippen LogP contribution is -2.49. The first-order valence-electron chi connectivity index (χ1n) is 6.44. The van der Waals surface area contributed by atoms with Crippen LogP contribution in [0.5, 0.6) is 0 Å². The number of rotatable bonds is 5. The number of hydrogen-bond acceptors (Lipinski definition) is 3. The summed E-state index contributed by atoms with van der Waals surface area (Å²) >= 11 is 0. The van der Waals surface area contributed by atoms with Crippen LogP contribution in [-0.4, -0.2) is 40.3 Å². The fourth-order valence-corrected chi connectivity index (χ4v) is 2.49. The average Bonchev–Trinajstić information content (AvgIpc) is 2.36. The van der Waals surface area contributed by atoms with Crippen molar-refractivity contribution in [1.29, 1.82) is 0 Å². The van der Waals surface area contributed by atoms with E-state index < -0.39 is 48.3 Å². The van der Waals surface area contributed by atoms with Crippen LogP contribution in [0.15, 0.2) is 0 Å². The number of carbonyl (C=O) groups excluding carboxylic acids is 1. The fraction of sp³-hybridized carbons (Fsp3) is 0.750. The lowest BCUT2D eigenvalue weighted by molar-refractivity contribution is -0.198. The molecule has 0 aromatic rings. The zero-order chi connectivity index (χ0) is 16.2. The molecule has 1 aliphatic rings. The number of carboxylic acids is 2. The minimum Gasteiger partial charge on any atom is -0.481 e. The van der Waals surface area contributed by atoms with Crippen molar-refractivity contribution in [3.63, 3.8) is 0 Å². The maximum absolute atomic E-state index is 12.9. The third-order valence-corrected chi connectivity index (χ3v) is 3.52. The van der Waals surface area contributed by atoms with Gasteiger partial charge in [0.25, 0.3) is 0 Å². The molecular weight excluding hydrogens is 295 g/mol. The minimum absolute atomic E-state index is 0.00935. The predicted molar refractivity (Wildman–Crippen MR) is 63.3 cm³/mol. The van der Waals surface area contributed by atoms with Crippen molar-refractivity contribution in [3.8, 4) is 0 Å². The molecular formula is C12H16F3NO5. The first-order chi connectivity index (χ1) is 9.62. The average molecular weight is 311 g/mol. The summed E-state index contributed by atoms with van der Waals surface area (Å²) < 4.78 is 38.6. The molecule has 1 saturated carbocycles. The molecule has 6 nitrogen and oxygen atoms in total. The highest BCUT2D eigenvalue weighted by atomic mass is 19.4. The summed E-state index contributed by atoms with van der Waals surface area (Å²) in [5, 5.41) is 19.2. The maximum atomic E-state index is 12.9. The van der Waals surface area contributed by atoms with Gasteiger partial charge in [-0.25, -0.2) is 4.79 Å². The van der Waals surface area contributed by atoms with Crippen LogP contribution in [0.3, 0.4) is 0 Å². The Morgan fingerprint density at radius 3 is 2.19 bits per heavy atom. The van der Waals surface area contributed by atoms with Gasteiger partial charge in [-0.2, -0.15) is 13.2 Å². The van der Waals surface area contributed by atoms with Crippen molar-refractivity contribution < 1.29 is 37.8 Å². The second-order valence-corrected chi connectivity index (χ2v) is 5.04. The molecule has 1 fully saturated rings. The Morgan fingerprint density at radius 1 is 1.14 bits per heavy atom.